The molecular weight excluding hydrogens is 272 g/mol. The van der Waals surface area contributed by atoms with Crippen LogP contribution in [0.2, 0.25) is 0 Å². The van der Waals surface area contributed by atoms with Gasteiger partial charge in [-0.05, 0) is 24.1 Å². The molecule has 20 heavy (non-hydrogen) atoms. The van der Waals surface area contributed by atoms with E-state index in [1.54, 1.807) is 18.9 Å². The van der Waals surface area contributed by atoms with E-state index in [1.807, 2.05) is 12.1 Å². The minimum absolute atomic E-state index is 0.427. The van der Waals surface area contributed by atoms with Gasteiger partial charge in [0.25, 0.3) is 0 Å². The van der Waals surface area contributed by atoms with Crippen LogP contribution in [0.3, 0.4) is 0 Å². The average molecular weight is 292 g/mol. The third-order valence-corrected chi connectivity index (χ3v) is 3.99. The van der Waals surface area contributed by atoms with Crippen molar-refractivity contribution < 1.29 is 4.74 Å². The fourth-order valence-corrected chi connectivity index (χ4v) is 2.83. The maximum Gasteiger partial charge on any atom is 0.191 e. The topological polar surface area (TPSA) is 66.0 Å². The monoisotopic (exact) mass is 292 g/mol. The van der Waals surface area contributed by atoms with Crippen LogP contribution in [0.5, 0.6) is 5.75 Å². The molecule has 2 aromatic rings. The Morgan fingerprint density at radius 2 is 2.00 bits per heavy atom. The standard InChI is InChI=1S/C14H20N4OS/c1-3-8-18-13(9-15)16-17-14(18)20-10-11-4-6-12(19-2)7-5-11/h4-7H,3,8-10,15H2,1-2H3. The van der Waals surface area contributed by atoms with Gasteiger partial charge in [0.15, 0.2) is 5.16 Å². The summed E-state index contributed by atoms with van der Waals surface area (Å²) < 4.78 is 7.26. The van der Waals surface area contributed by atoms with Gasteiger partial charge in [-0.15, -0.1) is 10.2 Å². The van der Waals surface area contributed by atoms with Crippen LogP contribution in [0.15, 0.2) is 29.4 Å². The van der Waals surface area contributed by atoms with Crippen LogP contribution in [0.4, 0.5) is 0 Å². The van der Waals surface area contributed by atoms with Crippen LogP contribution in [-0.2, 0) is 18.8 Å². The Morgan fingerprint density at radius 1 is 1.25 bits per heavy atom. The number of nitrogens with zero attached hydrogens (tertiary/aromatic N) is 3. The molecule has 0 aliphatic heterocycles. The number of hydrogen-bond acceptors (Lipinski definition) is 5. The number of nitrogens with two attached hydrogens (primary N) is 1. The van der Waals surface area contributed by atoms with Gasteiger partial charge in [0, 0.05) is 12.3 Å². The van der Waals surface area contributed by atoms with Gasteiger partial charge >= 0.3 is 0 Å². The smallest absolute Gasteiger partial charge is 0.191 e. The summed E-state index contributed by atoms with van der Waals surface area (Å²) in [6.07, 6.45) is 1.04. The molecule has 0 bridgehead atoms. The zero-order chi connectivity index (χ0) is 14.4. The first-order valence-corrected chi connectivity index (χ1v) is 7.65. The second-order valence-corrected chi connectivity index (χ2v) is 5.33. The zero-order valence-corrected chi connectivity index (χ0v) is 12.7. The maximum absolute atomic E-state index is 5.69. The summed E-state index contributed by atoms with van der Waals surface area (Å²) in [5.74, 6) is 2.58. The minimum Gasteiger partial charge on any atom is -0.497 e. The van der Waals surface area contributed by atoms with Gasteiger partial charge in [0.2, 0.25) is 0 Å². The quantitative estimate of drug-likeness (QED) is 0.794. The van der Waals surface area contributed by atoms with Gasteiger partial charge in [0.1, 0.15) is 11.6 Å². The van der Waals surface area contributed by atoms with Crippen molar-refractivity contribution in [1.82, 2.24) is 14.8 Å². The summed E-state index contributed by atoms with van der Waals surface area (Å²) in [5.41, 5.74) is 6.92. The molecule has 2 rings (SSSR count). The molecule has 0 aliphatic rings. The molecule has 1 aromatic carbocycles. The molecule has 6 heteroatoms. The molecule has 0 amide bonds. The highest BCUT2D eigenvalue weighted by Crippen LogP contribution is 2.23. The molecule has 1 heterocycles. The summed E-state index contributed by atoms with van der Waals surface area (Å²) >= 11 is 1.68. The van der Waals surface area contributed by atoms with E-state index in [0.29, 0.717) is 6.54 Å². The normalized spacial score (nSPS) is 10.8. The number of thioether (sulfide) groups is 1. The lowest BCUT2D eigenvalue weighted by atomic mass is 10.2. The van der Waals surface area contributed by atoms with Crippen LogP contribution in [0.25, 0.3) is 0 Å². The van der Waals surface area contributed by atoms with E-state index in [2.05, 4.69) is 33.8 Å². The van der Waals surface area contributed by atoms with Crippen molar-refractivity contribution in [3.8, 4) is 5.75 Å². The third kappa shape index (κ3) is 3.52. The molecule has 5 nitrogen and oxygen atoms in total. The Hall–Kier alpha value is -1.53. The van der Waals surface area contributed by atoms with Crippen molar-refractivity contribution in [3.63, 3.8) is 0 Å². The largest absolute Gasteiger partial charge is 0.497 e. The van der Waals surface area contributed by atoms with Crippen molar-refractivity contribution >= 4 is 11.8 Å². The van der Waals surface area contributed by atoms with Crippen LogP contribution in [0.1, 0.15) is 24.7 Å². The predicted molar refractivity (Wildman–Crippen MR) is 80.8 cm³/mol. The first-order chi connectivity index (χ1) is 9.78. The Bertz CT molecular complexity index is 539. The molecule has 0 atom stereocenters. The summed E-state index contributed by atoms with van der Waals surface area (Å²) in [6.45, 7) is 3.47. The highest BCUT2D eigenvalue weighted by Gasteiger charge is 2.10. The zero-order valence-electron chi connectivity index (χ0n) is 11.9. The second-order valence-electron chi connectivity index (χ2n) is 4.39. The Labute approximate surface area is 123 Å². The van der Waals surface area contributed by atoms with Crippen molar-refractivity contribution in [2.75, 3.05) is 7.11 Å². The number of hydrogen-bond donors (Lipinski definition) is 1. The molecule has 0 radical (unpaired) electrons. The Kier molecular flexibility index (Phi) is 5.43. The van der Waals surface area contributed by atoms with Crippen molar-refractivity contribution in [3.05, 3.63) is 35.7 Å². The lowest BCUT2D eigenvalue weighted by Crippen LogP contribution is -2.09. The van der Waals surface area contributed by atoms with E-state index in [4.69, 9.17) is 10.5 Å². The Morgan fingerprint density at radius 3 is 2.60 bits per heavy atom. The maximum atomic E-state index is 5.69. The minimum atomic E-state index is 0.427. The van der Waals surface area contributed by atoms with Gasteiger partial charge in [-0.25, -0.2) is 0 Å². The van der Waals surface area contributed by atoms with Gasteiger partial charge in [-0.1, -0.05) is 30.8 Å². The predicted octanol–water partition coefficient (Wildman–Crippen LogP) is 2.45. The van der Waals surface area contributed by atoms with E-state index in [-0.39, 0.29) is 0 Å². The number of methoxy groups -OCH3 is 1. The molecule has 0 spiro atoms. The second kappa shape index (κ2) is 7.31. The summed E-state index contributed by atoms with van der Waals surface area (Å²) in [7, 11) is 1.67. The first-order valence-electron chi connectivity index (χ1n) is 6.66. The third-order valence-electron chi connectivity index (χ3n) is 2.95. The highest BCUT2D eigenvalue weighted by atomic mass is 32.2. The van der Waals surface area contributed by atoms with Gasteiger partial charge in [0.05, 0.1) is 13.7 Å². The highest BCUT2D eigenvalue weighted by molar-refractivity contribution is 7.98. The molecule has 0 saturated heterocycles. The molecule has 2 N–H and O–H groups in total. The van der Waals surface area contributed by atoms with Gasteiger partial charge in [-0.3, -0.25) is 0 Å². The number of benzene rings is 1. The molecule has 0 unspecified atom stereocenters. The number of ether oxygens (including phenoxy) is 1. The van der Waals surface area contributed by atoms with E-state index >= 15 is 0 Å². The average Bonchev–Trinajstić information content (AvgIpc) is 2.88. The fraction of sp³-hybridized carbons (Fsp3) is 0.429. The molecular formula is C14H20N4OS. The van der Waals surface area contributed by atoms with Crippen LogP contribution < -0.4 is 10.5 Å². The van der Waals surface area contributed by atoms with Crippen LogP contribution in [-0.4, -0.2) is 21.9 Å². The fourth-order valence-electron chi connectivity index (χ4n) is 1.89. The lowest BCUT2D eigenvalue weighted by Gasteiger charge is -2.07. The lowest BCUT2D eigenvalue weighted by molar-refractivity contribution is 0.414. The Balaban J connectivity index is 2.04. The SMILES string of the molecule is CCCn1c(CN)nnc1SCc1ccc(OC)cc1. The first kappa shape index (κ1) is 14.9. The summed E-state index contributed by atoms with van der Waals surface area (Å²) in [4.78, 5) is 0. The molecule has 0 saturated carbocycles. The van der Waals surface area contributed by atoms with E-state index in [1.165, 1.54) is 5.56 Å². The van der Waals surface area contributed by atoms with Crippen molar-refractivity contribution in [2.45, 2.75) is 37.3 Å². The van der Waals surface area contributed by atoms with Crippen molar-refractivity contribution in [1.29, 1.82) is 0 Å². The molecule has 0 fully saturated rings. The van der Waals surface area contributed by atoms with Crippen LogP contribution in [0, 0.1) is 0 Å². The summed E-state index contributed by atoms with van der Waals surface area (Å²) in [5, 5.41) is 9.30. The van der Waals surface area contributed by atoms with Gasteiger partial charge < -0.3 is 15.0 Å². The number of rotatable bonds is 7. The molecule has 108 valence electrons. The van der Waals surface area contributed by atoms with Crippen LogP contribution >= 0.6 is 11.8 Å². The van der Waals surface area contributed by atoms with Gasteiger partial charge in [-0.2, -0.15) is 0 Å². The number of aromatic nitrogens is 3. The van der Waals surface area contributed by atoms with E-state index < -0.39 is 0 Å². The molecule has 1 aromatic heterocycles. The van der Waals surface area contributed by atoms with E-state index in [9.17, 15) is 0 Å². The van der Waals surface area contributed by atoms with E-state index in [0.717, 1.165) is 35.4 Å². The summed E-state index contributed by atoms with van der Waals surface area (Å²) in [6, 6.07) is 8.07. The molecule has 0 aliphatic carbocycles. The van der Waals surface area contributed by atoms with Crippen molar-refractivity contribution in [2.24, 2.45) is 5.73 Å².